The van der Waals surface area contributed by atoms with E-state index in [4.69, 9.17) is 5.11 Å². The molecule has 0 aliphatic heterocycles. The van der Waals surface area contributed by atoms with Crippen LogP contribution in [0.5, 0.6) is 0 Å². The van der Waals surface area contributed by atoms with Gasteiger partial charge in [-0.1, -0.05) is 38.1 Å². The Morgan fingerprint density at radius 2 is 2.11 bits per heavy atom. The van der Waals surface area contributed by atoms with E-state index < -0.39 is 0 Å². The van der Waals surface area contributed by atoms with Crippen molar-refractivity contribution in [3.05, 3.63) is 35.4 Å². The van der Waals surface area contributed by atoms with E-state index in [0.717, 1.165) is 25.9 Å². The first-order chi connectivity index (χ1) is 8.62. The van der Waals surface area contributed by atoms with Crippen LogP contribution < -0.4 is 5.32 Å². The Balaban J connectivity index is 1.71. The second-order valence-corrected chi connectivity index (χ2v) is 6.22. The van der Waals surface area contributed by atoms with Crippen LogP contribution in [0.4, 0.5) is 0 Å². The summed E-state index contributed by atoms with van der Waals surface area (Å²) >= 11 is 0. The van der Waals surface area contributed by atoms with Crippen LogP contribution >= 0.6 is 0 Å². The van der Waals surface area contributed by atoms with Crippen molar-refractivity contribution in [3.8, 4) is 0 Å². The zero-order valence-corrected chi connectivity index (χ0v) is 11.6. The number of benzene rings is 1. The minimum Gasteiger partial charge on any atom is -0.396 e. The van der Waals surface area contributed by atoms with Crippen LogP contribution in [0.15, 0.2) is 24.3 Å². The molecule has 2 nitrogen and oxygen atoms in total. The molecule has 1 aromatic carbocycles. The van der Waals surface area contributed by atoms with E-state index in [0.29, 0.717) is 12.5 Å². The van der Waals surface area contributed by atoms with E-state index in [1.807, 2.05) is 0 Å². The highest BCUT2D eigenvalue weighted by atomic mass is 16.2. The largest absolute Gasteiger partial charge is 0.396 e. The first-order valence-corrected chi connectivity index (χ1v) is 7.02. The molecule has 0 saturated heterocycles. The predicted molar refractivity (Wildman–Crippen MR) is 75.9 cm³/mol. The van der Waals surface area contributed by atoms with Crippen molar-refractivity contribution in [2.45, 2.75) is 39.0 Å². The fourth-order valence-electron chi connectivity index (χ4n) is 2.78. The summed E-state index contributed by atoms with van der Waals surface area (Å²) < 4.78 is 0. The number of hydrogen-bond acceptors (Lipinski definition) is 2. The van der Waals surface area contributed by atoms with Gasteiger partial charge in [-0.3, -0.25) is 0 Å². The number of rotatable bonds is 7. The Hall–Kier alpha value is -0.860. The van der Waals surface area contributed by atoms with Crippen LogP contribution in [0.3, 0.4) is 0 Å². The van der Waals surface area contributed by atoms with Crippen molar-refractivity contribution in [3.63, 3.8) is 0 Å². The summed E-state index contributed by atoms with van der Waals surface area (Å²) in [5, 5.41) is 12.5. The van der Waals surface area contributed by atoms with Gasteiger partial charge in [0, 0.05) is 25.6 Å². The molecule has 0 saturated carbocycles. The van der Waals surface area contributed by atoms with E-state index in [1.54, 1.807) is 0 Å². The molecule has 0 spiro atoms. The third kappa shape index (κ3) is 3.33. The third-order valence-electron chi connectivity index (χ3n) is 3.97. The normalized spacial score (nSPS) is 18.3. The zero-order valence-electron chi connectivity index (χ0n) is 11.6. The van der Waals surface area contributed by atoms with Crippen molar-refractivity contribution in [2.24, 2.45) is 5.41 Å². The molecular weight excluding hydrogens is 222 g/mol. The number of fused-ring (bicyclic) bond motifs is 1. The van der Waals surface area contributed by atoms with Crippen molar-refractivity contribution >= 4 is 0 Å². The fraction of sp³-hybridized carbons (Fsp3) is 0.625. The summed E-state index contributed by atoms with van der Waals surface area (Å²) in [6, 6.07) is 8.75. The smallest absolute Gasteiger partial charge is 0.0431 e. The number of aliphatic hydroxyl groups excluding tert-OH is 1. The molecule has 0 radical (unpaired) electrons. The van der Waals surface area contributed by atoms with Gasteiger partial charge >= 0.3 is 0 Å². The maximum atomic E-state index is 8.88. The summed E-state index contributed by atoms with van der Waals surface area (Å²) in [7, 11) is 0. The Labute approximate surface area is 110 Å². The summed E-state index contributed by atoms with van der Waals surface area (Å²) in [5.41, 5.74) is 3.33. The Morgan fingerprint density at radius 1 is 1.33 bits per heavy atom. The molecule has 18 heavy (non-hydrogen) atoms. The van der Waals surface area contributed by atoms with Gasteiger partial charge in [-0.25, -0.2) is 0 Å². The second-order valence-electron chi connectivity index (χ2n) is 6.22. The van der Waals surface area contributed by atoms with E-state index in [2.05, 4.69) is 43.4 Å². The van der Waals surface area contributed by atoms with Crippen molar-refractivity contribution in [2.75, 3.05) is 19.7 Å². The lowest BCUT2D eigenvalue weighted by molar-refractivity contribution is 0.235. The lowest BCUT2D eigenvalue weighted by Crippen LogP contribution is -2.35. The van der Waals surface area contributed by atoms with Crippen molar-refractivity contribution in [1.29, 1.82) is 0 Å². The highest BCUT2D eigenvalue weighted by molar-refractivity contribution is 5.40. The SMILES string of the molecule is CC(C)(CCCO)CNCC1Cc2ccccc21. The van der Waals surface area contributed by atoms with Crippen molar-refractivity contribution in [1.82, 2.24) is 5.32 Å². The third-order valence-corrected chi connectivity index (χ3v) is 3.97. The predicted octanol–water partition coefficient (Wildman–Crippen LogP) is 2.71. The van der Waals surface area contributed by atoms with Gasteiger partial charge in [-0.05, 0) is 35.8 Å². The first kappa shape index (κ1) is 13.6. The lowest BCUT2D eigenvalue weighted by Gasteiger charge is -2.32. The topological polar surface area (TPSA) is 32.3 Å². The van der Waals surface area contributed by atoms with Crippen LogP contribution in [-0.4, -0.2) is 24.8 Å². The number of nitrogens with one attached hydrogen (secondary N) is 1. The average Bonchev–Trinajstić information content (AvgIpc) is 2.32. The number of aliphatic hydroxyl groups is 1. The van der Waals surface area contributed by atoms with Crippen LogP contribution in [-0.2, 0) is 6.42 Å². The van der Waals surface area contributed by atoms with Gasteiger partial charge in [0.1, 0.15) is 0 Å². The molecule has 2 rings (SSSR count). The first-order valence-electron chi connectivity index (χ1n) is 7.02. The molecule has 0 amide bonds. The standard InChI is InChI=1S/C16H25NO/c1-16(2,8-5-9-18)12-17-11-14-10-13-6-3-4-7-15(13)14/h3-4,6-7,14,17-18H,5,8-12H2,1-2H3. The molecule has 1 aromatic rings. The van der Waals surface area contributed by atoms with Gasteiger partial charge in [0.05, 0.1) is 0 Å². The van der Waals surface area contributed by atoms with Crippen LogP contribution in [0.25, 0.3) is 0 Å². The Kier molecular flexibility index (Phi) is 4.41. The fourth-order valence-corrected chi connectivity index (χ4v) is 2.78. The van der Waals surface area contributed by atoms with E-state index >= 15 is 0 Å². The average molecular weight is 247 g/mol. The van der Waals surface area contributed by atoms with E-state index in [1.165, 1.54) is 17.5 Å². The molecule has 1 atom stereocenters. The molecule has 1 aliphatic rings. The van der Waals surface area contributed by atoms with Crippen LogP contribution in [0, 0.1) is 5.41 Å². The maximum Gasteiger partial charge on any atom is 0.0431 e. The Bertz CT molecular complexity index is 386. The summed E-state index contributed by atoms with van der Waals surface area (Å²) in [5.74, 6) is 0.704. The molecule has 0 heterocycles. The summed E-state index contributed by atoms with van der Waals surface area (Å²) in [6.07, 6.45) is 3.21. The minimum atomic E-state index is 0.284. The monoisotopic (exact) mass is 247 g/mol. The van der Waals surface area contributed by atoms with Gasteiger partial charge in [-0.15, -0.1) is 0 Å². The Morgan fingerprint density at radius 3 is 2.83 bits per heavy atom. The highest BCUT2D eigenvalue weighted by Crippen LogP contribution is 2.34. The van der Waals surface area contributed by atoms with Crippen LogP contribution in [0.1, 0.15) is 43.7 Å². The van der Waals surface area contributed by atoms with Crippen LogP contribution in [0.2, 0.25) is 0 Å². The van der Waals surface area contributed by atoms with Gasteiger partial charge in [0.25, 0.3) is 0 Å². The van der Waals surface area contributed by atoms with Gasteiger partial charge < -0.3 is 10.4 Å². The van der Waals surface area contributed by atoms with Gasteiger partial charge in [0.15, 0.2) is 0 Å². The van der Waals surface area contributed by atoms with E-state index in [9.17, 15) is 0 Å². The molecule has 0 aromatic heterocycles. The molecule has 2 N–H and O–H groups in total. The molecule has 1 unspecified atom stereocenters. The number of hydrogen-bond donors (Lipinski definition) is 2. The van der Waals surface area contributed by atoms with Crippen molar-refractivity contribution < 1.29 is 5.11 Å². The second kappa shape index (κ2) is 5.85. The minimum absolute atomic E-state index is 0.284. The quantitative estimate of drug-likeness (QED) is 0.776. The molecule has 0 bridgehead atoms. The molecule has 100 valence electrons. The molecular formula is C16H25NO. The zero-order chi connectivity index (χ0) is 13.0. The molecule has 1 aliphatic carbocycles. The molecule has 2 heteroatoms. The van der Waals surface area contributed by atoms with Gasteiger partial charge in [0.2, 0.25) is 0 Å². The van der Waals surface area contributed by atoms with Gasteiger partial charge in [-0.2, -0.15) is 0 Å². The highest BCUT2D eigenvalue weighted by Gasteiger charge is 2.25. The van der Waals surface area contributed by atoms with E-state index in [-0.39, 0.29) is 5.41 Å². The molecule has 0 fully saturated rings. The summed E-state index contributed by atoms with van der Waals surface area (Å²) in [6.45, 7) is 6.96. The summed E-state index contributed by atoms with van der Waals surface area (Å²) in [4.78, 5) is 0. The lowest BCUT2D eigenvalue weighted by atomic mass is 9.77. The maximum absolute atomic E-state index is 8.88.